The molecule has 14 heteroatoms. The molecule has 0 saturated carbocycles. The van der Waals surface area contributed by atoms with Crippen molar-refractivity contribution in [3.8, 4) is 5.75 Å². The topological polar surface area (TPSA) is 85.1 Å². The molecule has 3 atom stereocenters. The summed E-state index contributed by atoms with van der Waals surface area (Å²) < 4.78 is 87.3. The van der Waals surface area contributed by atoms with Crippen molar-refractivity contribution in [2.75, 3.05) is 6.61 Å². The molecule has 3 aromatic rings. The number of aromatic nitrogens is 4. The molecule has 0 amide bonds. The summed E-state index contributed by atoms with van der Waals surface area (Å²) in [6, 6.07) is 1.18. The number of hydrogen-bond acceptors (Lipinski definition) is 7. The predicted octanol–water partition coefficient (Wildman–Crippen LogP) is 4.91. The molecule has 0 aliphatic carbocycles. The van der Waals surface area contributed by atoms with Gasteiger partial charge in [0.2, 0.25) is 5.01 Å². The summed E-state index contributed by atoms with van der Waals surface area (Å²) in [6.07, 6.45) is -7.94. The van der Waals surface area contributed by atoms with Gasteiger partial charge in [-0.1, -0.05) is 11.3 Å². The number of hydrogen-bond donors (Lipinski definition) is 2. The van der Waals surface area contributed by atoms with E-state index in [-0.39, 0.29) is 64.7 Å². The number of nitrogens with one attached hydrogen (secondary N) is 1. The molecule has 7 nitrogen and oxygen atoms in total. The lowest BCUT2D eigenvalue weighted by molar-refractivity contribution is -0.138. The molecule has 1 fully saturated rings. The Labute approximate surface area is 200 Å². The largest absolute Gasteiger partial charge is 0.492 e. The average Bonchev–Trinajstić information content (AvgIpc) is 3.38. The molecule has 1 aliphatic heterocycles. The van der Waals surface area contributed by atoms with Crippen molar-refractivity contribution in [1.82, 2.24) is 25.1 Å². The van der Waals surface area contributed by atoms with Gasteiger partial charge < -0.3 is 19.7 Å². The number of nitrogens with zero attached hydrogens (tertiary/aromatic N) is 4. The van der Waals surface area contributed by atoms with Gasteiger partial charge in [-0.25, -0.2) is 4.98 Å². The van der Waals surface area contributed by atoms with Crippen molar-refractivity contribution in [1.29, 1.82) is 0 Å². The predicted molar refractivity (Wildman–Crippen MR) is 115 cm³/mol. The highest BCUT2D eigenvalue weighted by atomic mass is 32.1. The number of imidazole rings is 1. The first kappa shape index (κ1) is 25.6. The van der Waals surface area contributed by atoms with Gasteiger partial charge in [-0.2, -0.15) is 26.3 Å². The molecular weight excluding hydrogens is 500 g/mol. The number of rotatable bonds is 5. The van der Waals surface area contributed by atoms with Gasteiger partial charge in [-0.05, 0) is 33.3 Å². The minimum Gasteiger partial charge on any atom is -0.492 e. The van der Waals surface area contributed by atoms with Crippen LogP contribution in [-0.4, -0.2) is 43.5 Å². The van der Waals surface area contributed by atoms with E-state index in [0.29, 0.717) is 0 Å². The van der Waals surface area contributed by atoms with E-state index in [1.165, 1.54) is 17.0 Å². The third kappa shape index (κ3) is 5.23. The Morgan fingerprint density at radius 1 is 1.17 bits per heavy atom. The second-order valence-corrected chi connectivity index (χ2v) is 9.99. The van der Waals surface area contributed by atoms with Crippen molar-refractivity contribution in [3.63, 3.8) is 0 Å². The highest BCUT2D eigenvalue weighted by Gasteiger charge is 2.44. The van der Waals surface area contributed by atoms with Crippen molar-refractivity contribution < 1.29 is 36.2 Å². The van der Waals surface area contributed by atoms with Gasteiger partial charge in [-0.15, -0.1) is 10.2 Å². The fourth-order valence-corrected chi connectivity index (χ4v) is 5.18. The summed E-state index contributed by atoms with van der Waals surface area (Å²) in [5.41, 5.74) is -2.49. The fraction of sp³-hybridized carbons (Fsp3) is 0.571. The zero-order chi connectivity index (χ0) is 25.8. The van der Waals surface area contributed by atoms with E-state index in [1.54, 1.807) is 20.8 Å². The second-order valence-electron chi connectivity index (χ2n) is 9.01. The maximum absolute atomic E-state index is 13.8. The quantitative estimate of drug-likeness (QED) is 0.463. The number of ether oxygens (including phenoxy) is 1. The fourth-order valence-electron chi connectivity index (χ4n) is 4.36. The first-order valence-corrected chi connectivity index (χ1v) is 11.6. The molecule has 0 radical (unpaired) electrons. The third-order valence-corrected chi connectivity index (χ3v) is 6.93. The molecule has 192 valence electrons. The number of aliphatic hydroxyl groups is 1. The summed E-state index contributed by atoms with van der Waals surface area (Å²) in [7, 11) is 0. The lowest BCUT2D eigenvalue weighted by Gasteiger charge is -2.39. The highest BCUT2D eigenvalue weighted by molar-refractivity contribution is 7.11. The van der Waals surface area contributed by atoms with Gasteiger partial charge in [0.25, 0.3) is 0 Å². The Balaban J connectivity index is 1.56. The van der Waals surface area contributed by atoms with E-state index in [0.717, 1.165) is 6.07 Å². The van der Waals surface area contributed by atoms with Crippen molar-refractivity contribution in [3.05, 3.63) is 34.0 Å². The van der Waals surface area contributed by atoms with Gasteiger partial charge in [0.1, 0.15) is 23.0 Å². The van der Waals surface area contributed by atoms with Gasteiger partial charge in [-0.3, -0.25) is 0 Å². The standard InChI is InChI=1S/C21H23F6N5O2S/c1-10(2)32-9-28-15-5-13(4-14(16(15)32)20(22,23)24)34-8-12-7-19(33,6-11(3)29-12)17-30-31-18(35-17)21(25,26)27/h4-5,9-12,29,33H,6-8H2,1-3H3/t11-,12-,19-/m0/s1. The minimum absolute atomic E-state index is 0.0459. The zero-order valence-electron chi connectivity index (χ0n) is 18.9. The second kappa shape index (κ2) is 8.89. The van der Waals surface area contributed by atoms with Gasteiger partial charge in [0.05, 0.1) is 22.9 Å². The first-order valence-electron chi connectivity index (χ1n) is 10.8. The number of piperidine rings is 1. The van der Waals surface area contributed by atoms with E-state index in [9.17, 15) is 31.4 Å². The van der Waals surface area contributed by atoms with Crippen molar-refractivity contribution >= 4 is 22.4 Å². The lowest BCUT2D eigenvalue weighted by Crippen LogP contribution is -2.53. The van der Waals surface area contributed by atoms with Crippen LogP contribution in [0, 0.1) is 0 Å². The summed E-state index contributed by atoms with van der Waals surface area (Å²) >= 11 is 0.273. The maximum Gasteiger partial charge on any atom is 0.445 e. The van der Waals surface area contributed by atoms with Crippen LogP contribution in [-0.2, 0) is 18.0 Å². The van der Waals surface area contributed by atoms with Crippen LogP contribution < -0.4 is 10.1 Å². The number of benzene rings is 1. The summed E-state index contributed by atoms with van der Waals surface area (Å²) in [5.74, 6) is -0.0577. The molecule has 1 aromatic carbocycles. The molecule has 4 rings (SSSR count). The van der Waals surface area contributed by atoms with E-state index in [4.69, 9.17) is 4.74 Å². The van der Waals surface area contributed by atoms with Crippen LogP contribution in [0.15, 0.2) is 18.5 Å². The molecule has 0 spiro atoms. The summed E-state index contributed by atoms with van der Waals surface area (Å²) in [6.45, 7) is 5.09. The zero-order valence-corrected chi connectivity index (χ0v) is 19.7. The molecule has 0 bridgehead atoms. The van der Waals surface area contributed by atoms with E-state index >= 15 is 0 Å². The first-order chi connectivity index (χ1) is 16.2. The van der Waals surface area contributed by atoms with Crippen LogP contribution in [0.4, 0.5) is 26.3 Å². The Hall–Kier alpha value is -2.45. The van der Waals surface area contributed by atoms with Crippen LogP contribution in [0.2, 0.25) is 0 Å². The molecule has 3 heterocycles. The van der Waals surface area contributed by atoms with Gasteiger partial charge >= 0.3 is 12.4 Å². The van der Waals surface area contributed by atoms with E-state index < -0.39 is 34.6 Å². The van der Waals surface area contributed by atoms with Gasteiger partial charge in [0, 0.05) is 30.6 Å². The van der Waals surface area contributed by atoms with E-state index in [1.807, 2.05) is 0 Å². The van der Waals surface area contributed by atoms with Crippen molar-refractivity contribution in [2.45, 2.75) is 69.7 Å². The molecule has 1 aliphatic rings. The Bertz CT molecular complexity index is 1210. The lowest BCUT2D eigenvalue weighted by atomic mass is 9.85. The van der Waals surface area contributed by atoms with E-state index in [2.05, 4.69) is 20.5 Å². The average molecular weight is 524 g/mol. The molecular formula is C21H23F6N5O2S. The molecule has 2 N–H and O–H groups in total. The minimum atomic E-state index is -4.68. The van der Waals surface area contributed by atoms with Gasteiger partial charge in [0.15, 0.2) is 0 Å². The Morgan fingerprint density at radius 2 is 1.89 bits per heavy atom. The normalized spacial score (nSPS) is 23.9. The molecule has 35 heavy (non-hydrogen) atoms. The van der Waals surface area contributed by atoms with Crippen LogP contribution in [0.3, 0.4) is 0 Å². The Kier molecular flexibility index (Phi) is 6.51. The maximum atomic E-state index is 13.8. The van der Waals surface area contributed by atoms with Crippen LogP contribution in [0.5, 0.6) is 5.75 Å². The van der Waals surface area contributed by atoms with Crippen LogP contribution in [0.1, 0.15) is 55.2 Å². The number of halogens is 6. The van der Waals surface area contributed by atoms with Crippen LogP contribution >= 0.6 is 11.3 Å². The van der Waals surface area contributed by atoms with Crippen molar-refractivity contribution in [2.24, 2.45) is 0 Å². The Morgan fingerprint density at radius 3 is 2.49 bits per heavy atom. The molecule has 1 saturated heterocycles. The number of fused-ring (bicyclic) bond motifs is 1. The van der Waals surface area contributed by atoms with Crippen LogP contribution in [0.25, 0.3) is 11.0 Å². The third-order valence-electron chi connectivity index (χ3n) is 5.77. The molecule has 2 aromatic heterocycles. The molecule has 0 unspecified atom stereocenters. The smallest absolute Gasteiger partial charge is 0.445 e. The summed E-state index contributed by atoms with van der Waals surface area (Å²) in [4.78, 5) is 4.09. The number of alkyl halides is 6. The summed E-state index contributed by atoms with van der Waals surface area (Å²) in [5, 5.41) is 19.6. The highest BCUT2D eigenvalue weighted by Crippen LogP contribution is 2.41. The SMILES string of the molecule is CC(C)n1cnc2cc(OC[C@@H]3C[C@](O)(c4nnc(C(F)(F)F)s4)C[C@H](C)N3)cc(C(F)(F)F)c21. The monoisotopic (exact) mass is 523 g/mol.